The van der Waals surface area contributed by atoms with Crippen LogP contribution in [-0.2, 0) is 14.4 Å². The van der Waals surface area contributed by atoms with Crippen molar-refractivity contribution in [2.24, 2.45) is 11.8 Å². The van der Waals surface area contributed by atoms with E-state index in [4.69, 9.17) is 0 Å². The molecule has 0 N–H and O–H groups in total. The molecule has 0 aromatic carbocycles. The molecule has 104 valence electrons. The van der Waals surface area contributed by atoms with Gasteiger partial charge in [-0.3, -0.25) is 14.4 Å². The van der Waals surface area contributed by atoms with Gasteiger partial charge >= 0.3 is 0 Å². The molecule has 0 heterocycles. The molecular weight excluding hydrogens is 240 g/mol. The molecule has 1 atom stereocenters. The first-order valence-electron chi connectivity index (χ1n) is 6.91. The molecule has 3 nitrogen and oxygen atoms in total. The average molecular weight is 262 g/mol. The molecule has 1 unspecified atom stereocenters. The molecule has 1 aliphatic rings. The van der Waals surface area contributed by atoms with Gasteiger partial charge in [0.1, 0.15) is 0 Å². The van der Waals surface area contributed by atoms with Crippen LogP contribution >= 0.6 is 0 Å². The number of carbonyl (C=O) groups is 3. The fraction of sp³-hybridized carbons (Fsp3) is 0.562. The number of allylic oxidation sites excluding steroid dienone is 4. The van der Waals surface area contributed by atoms with Crippen molar-refractivity contribution in [2.45, 2.75) is 46.5 Å². The molecule has 19 heavy (non-hydrogen) atoms. The van der Waals surface area contributed by atoms with Crippen molar-refractivity contribution >= 4 is 17.3 Å². The summed E-state index contributed by atoms with van der Waals surface area (Å²) in [6.45, 7) is 6.38. The average Bonchev–Trinajstić information content (AvgIpc) is 2.31. The van der Waals surface area contributed by atoms with Gasteiger partial charge in [0.05, 0.1) is 5.57 Å². The Balaban J connectivity index is 2.46. The van der Waals surface area contributed by atoms with E-state index < -0.39 is 0 Å². The van der Waals surface area contributed by atoms with Crippen LogP contribution in [0, 0.1) is 11.8 Å². The Kier molecular flexibility index (Phi) is 5.87. The van der Waals surface area contributed by atoms with Crippen LogP contribution in [0.1, 0.15) is 46.5 Å². The fourth-order valence-electron chi connectivity index (χ4n) is 2.13. The molecule has 0 spiro atoms. The van der Waals surface area contributed by atoms with Gasteiger partial charge in [-0.25, -0.2) is 0 Å². The smallest absolute Gasteiger partial charge is 0.189 e. The van der Waals surface area contributed by atoms with Crippen LogP contribution in [0.25, 0.3) is 0 Å². The summed E-state index contributed by atoms with van der Waals surface area (Å²) in [6, 6.07) is 0. The Labute approximate surface area is 114 Å². The maximum atomic E-state index is 12.0. The van der Waals surface area contributed by atoms with Crippen molar-refractivity contribution in [1.29, 1.82) is 0 Å². The second kappa shape index (κ2) is 7.17. The zero-order chi connectivity index (χ0) is 14.4. The van der Waals surface area contributed by atoms with Gasteiger partial charge in [-0.15, -0.1) is 0 Å². The monoisotopic (exact) mass is 262 g/mol. The van der Waals surface area contributed by atoms with Gasteiger partial charge in [-0.05, 0) is 24.0 Å². The normalized spacial score (nSPS) is 16.7. The Hall–Kier alpha value is -1.51. The first-order chi connectivity index (χ1) is 8.90. The van der Waals surface area contributed by atoms with Gasteiger partial charge in [0.25, 0.3) is 0 Å². The summed E-state index contributed by atoms with van der Waals surface area (Å²) >= 11 is 0. The molecule has 1 aliphatic carbocycles. The molecule has 0 aromatic heterocycles. The van der Waals surface area contributed by atoms with Crippen molar-refractivity contribution in [3.63, 3.8) is 0 Å². The number of hydrogen-bond acceptors (Lipinski definition) is 3. The molecule has 3 heteroatoms. The molecule has 0 bridgehead atoms. The number of Topliss-reactive ketones (excluding diaryl/α,β-unsaturated/α-hetero) is 1. The quantitative estimate of drug-likeness (QED) is 0.523. The predicted molar refractivity (Wildman–Crippen MR) is 74.7 cm³/mol. The number of rotatable bonds is 7. The van der Waals surface area contributed by atoms with E-state index in [1.165, 1.54) is 12.2 Å². The van der Waals surface area contributed by atoms with Crippen LogP contribution in [0.15, 0.2) is 23.8 Å². The van der Waals surface area contributed by atoms with E-state index in [1.54, 1.807) is 0 Å². The highest BCUT2D eigenvalue weighted by molar-refractivity contribution is 6.30. The summed E-state index contributed by atoms with van der Waals surface area (Å²) in [5, 5.41) is 0. The number of hydrogen-bond donors (Lipinski definition) is 0. The summed E-state index contributed by atoms with van der Waals surface area (Å²) in [5.74, 6) is 0.0865. The molecule has 0 saturated heterocycles. The Bertz CT molecular complexity index is 427. The molecule has 0 amide bonds. The van der Waals surface area contributed by atoms with Gasteiger partial charge in [-0.1, -0.05) is 40.0 Å². The standard InChI is InChI=1S/C16H22O3/c1-11(2)5-4-6-12(3)9-16(19)14-10-13(17)7-8-15(14)18/h7-8,10-12H,4-6,9H2,1-3H3. The van der Waals surface area contributed by atoms with Gasteiger partial charge in [-0.2, -0.15) is 0 Å². The van der Waals surface area contributed by atoms with Gasteiger partial charge in [0, 0.05) is 12.5 Å². The fourth-order valence-corrected chi connectivity index (χ4v) is 2.13. The lowest BCUT2D eigenvalue weighted by molar-refractivity contribution is -0.121. The SMILES string of the molecule is CC(C)CCCC(C)CC(=O)C1=CC(=O)C=CC1=O. The van der Waals surface area contributed by atoms with Crippen LogP contribution in [-0.4, -0.2) is 17.3 Å². The molecule has 1 rings (SSSR count). The van der Waals surface area contributed by atoms with E-state index in [9.17, 15) is 14.4 Å². The zero-order valence-electron chi connectivity index (χ0n) is 11.9. The lowest BCUT2D eigenvalue weighted by Gasteiger charge is -2.12. The summed E-state index contributed by atoms with van der Waals surface area (Å²) in [6.07, 6.45) is 7.11. The van der Waals surface area contributed by atoms with Gasteiger partial charge in [0.15, 0.2) is 17.3 Å². The molecule has 0 fully saturated rings. The lowest BCUT2D eigenvalue weighted by atomic mass is 9.90. The second-order valence-electron chi connectivity index (χ2n) is 5.72. The van der Waals surface area contributed by atoms with Crippen molar-refractivity contribution < 1.29 is 14.4 Å². The van der Waals surface area contributed by atoms with Crippen molar-refractivity contribution in [2.75, 3.05) is 0 Å². The molecule has 0 saturated carbocycles. The third-order valence-corrected chi connectivity index (χ3v) is 3.26. The Morgan fingerprint density at radius 2 is 1.79 bits per heavy atom. The summed E-state index contributed by atoms with van der Waals surface area (Å²) in [4.78, 5) is 34.7. The summed E-state index contributed by atoms with van der Waals surface area (Å²) in [5.41, 5.74) is 0.0446. The third kappa shape index (κ3) is 5.33. The van der Waals surface area contributed by atoms with Crippen molar-refractivity contribution in [3.8, 4) is 0 Å². The van der Waals surface area contributed by atoms with Crippen molar-refractivity contribution in [3.05, 3.63) is 23.8 Å². The van der Waals surface area contributed by atoms with E-state index in [-0.39, 0.29) is 28.8 Å². The van der Waals surface area contributed by atoms with Gasteiger partial charge < -0.3 is 0 Å². The van der Waals surface area contributed by atoms with E-state index in [1.807, 2.05) is 6.92 Å². The Morgan fingerprint density at radius 3 is 2.42 bits per heavy atom. The highest BCUT2D eigenvalue weighted by atomic mass is 16.2. The first-order valence-corrected chi connectivity index (χ1v) is 6.91. The zero-order valence-corrected chi connectivity index (χ0v) is 11.9. The predicted octanol–water partition coefficient (Wildman–Crippen LogP) is 3.04. The Morgan fingerprint density at radius 1 is 1.11 bits per heavy atom. The topological polar surface area (TPSA) is 51.2 Å². The summed E-state index contributed by atoms with van der Waals surface area (Å²) in [7, 11) is 0. The van der Waals surface area contributed by atoms with Crippen LogP contribution in [0.3, 0.4) is 0 Å². The third-order valence-electron chi connectivity index (χ3n) is 3.26. The minimum absolute atomic E-state index is 0.0446. The van der Waals surface area contributed by atoms with Gasteiger partial charge in [0.2, 0.25) is 0 Å². The van der Waals surface area contributed by atoms with E-state index in [0.717, 1.165) is 25.3 Å². The van der Waals surface area contributed by atoms with Crippen LogP contribution in [0.2, 0.25) is 0 Å². The minimum Gasteiger partial charge on any atom is -0.294 e. The molecule has 0 aromatic rings. The van der Waals surface area contributed by atoms with E-state index >= 15 is 0 Å². The number of ketones is 3. The molecular formula is C16H22O3. The van der Waals surface area contributed by atoms with Crippen LogP contribution < -0.4 is 0 Å². The lowest BCUT2D eigenvalue weighted by Crippen LogP contribution is -2.18. The highest BCUT2D eigenvalue weighted by Crippen LogP contribution is 2.18. The van der Waals surface area contributed by atoms with E-state index in [2.05, 4.69) is 13.8 Å². The maximum Gasteiger partial charge on any atom is 0.189 e. The van der Waals surface area contributed by atoms with Crippen LogP contribution in [0.4, 0.5) is 0 Å². The molecule has 0 aliphatic heterocycles. The highest BCUT2D eigenvalue weighted by Gasteiger charge is 2.21. The maximum absolute atomic E-state index is 12.0. The molecule has 0 radical (unpaired) electrons. The summed E-state index contributed by atoms with van der Waals surface area (Å²) < 4.78 is 0. The second-order valence-corrected chi connectivity index (χ2v) is 5.72. The van der Waals surface area contributed by atoms with Crippen molar-refractivity contribution in [1.82, 2.24) is 0 Å². The largest absolute Gasteiger partial charge is 0.294 e. The first kappa shape index (κ1) is 15.5. The van der Waals surface area contributed by atoms with Crippen LogP contribution in [0.5, 0.6) is 0 Å². The van der Waals surface area contributed by atoms with E-state index in [0.29, 0.717) is 12.3 Å². The minimum atomic E-state index is -0.348. The number of carbonyl (C=O) groups excluding carboxylic acids is 3.